The number of carbonyl (C=O) groups excluding carboxylic acids is 2. The number of anilines is 3. The van der Waals surface area contributed by atoms with Crippen LogP contribution >= 0.6 is 15.2 Å². The van der Waals surface area contributed by atoms with Gasteiger partial charge in [0.25, 0.3) is 0 Å². The normalized spacial score (nSPS) is 14.0. The summed E-state index contributed by atoms with van der Waals surface area (Å²) in [7, 11) is -10.8. The number of nitrogens with zero attached hydrogens (tertiary/aromatic N) is 4. The van der Waals surface area contributed by atoms with Crippen molar-refractivity contribution in [3.05, 3.63) is 66.6 Å². The second-order valence-corrected chi connectivity index (χ2v) is 14.9. The Morgan fingerprint density at radius 2 is 1.81 bits per heavy atom. The molecule has 0 radical (unpaired) electrons. The van der Waals surface area contributed by atoms with Crippen LogP contribution in [0.3, 0.4) is 0 Å². The summed E-state index contributed by atoms with van der Waals surface area (Å²) in [4.78, 5) is 73.3. The zero-order valence-electron chi connectivity index (χ0n) is 24.7. The largest absolute Gasteiger partial charge is 0.424 e. The van der Waals surface area contributed by atoms with Crippen LogP contribution in [0.1, 0.15) is 31.2 Å². The molecule has 0 atom stereocenters. The molecule has 2 aromatic carbocycles. The number of rotatable bonds is 12. The minimum Gasteiger partial charge on any atom is -0.424 e. The lowest BCUT2D eigenvalue weighted by molar-refractivity contribution is -0.134. The predicted molar refractivity (Wildman–Crippen MR) is 170 cm³/mol. The fraction of sp³-hybridized carbons (Fsp3) is 0.276. The number of esters is 1. The molecule has 6 N–H and O–H groups in total. The van der Waals surface area contributed by atoms with Crippen molar-refractivity contribution in [2.75, 3.05) is 23.3 Å². The molecule has 3 heterocycles. The second kappa shape index (κ2) is 13.8. The Bertz CT molecular complexity index is 1910. The van der Waals surface area contributed by atoms with Gasteiger partial charge in [-0.3, -0.25) is 23.8 Å². The summed E-state index contributed by atoms with van der Waals surface area (Å²) >= 11 is 0. The summed E-state index contributed by atoms with van der Waals surface area (Å²) < 4.78 is 44.6. The highest BCUT2D eigenvalue weighted by molar-refractivity contribution is 7.70. The molecule has 1 aliphatic heterocycles. The van der Waals surface area contributed by atoms with Crippen LogP contribution in [0.25, 0.3) is 22.3 Å². The maximum atomic E-state index is 15.8. The molecular weight excluding hydrogens is 657 g/mol. The van der Waals surface area contributed by atoms with E-state index in [1.807, 2.05) is 0 Å². The van der Waals surface area contributed by atoms with Gasteiger partial charge in [-0.25, -0.2) is 9.37 Å². The first-order chi connectivity index (χ1) is 22.2. The average Bonchev–Trinajstić information content (AvgIpc) is 3.47. The van der Waals surface area contributed by atoms with Crippen molar-refractivity contribution in [1.29, 1.82) is 0 Å². The van der Waals surface area contributed by atoms with E-state index >= 15 is 4.39 Å². The Balaban J connectivity index is 1.51. The van der Waals surface area contributed by atoms with Gasteiger partial charge in [-0.05, 0) is 43.0 Å². The van der Waals surface area contributed by atoms with E-state index in [0.717, 1.165) is 30.9 Å². The van der Waals surface area contributed by atoms with E-state index in [2.05, 4.69) is 32.1 Å². The van der Waals surface area contributed by atoms with E-state index in [1.54, 1.807) is 29.2 Å². The zero-order valence-corrected chi connectivity index (χ0v) is 26.5. The molecule has 5 rings (SSSR count). The third-order valence-corrected chi connectivity index (χ3v) is 11.1. The topological polar surface area (TPSA) is 228 Å². The van der Waals surface area contributed by atoms with E-state index in [1.165, 1.54) is 18.3 Å². The number of ether oxygens (including phenoxy) is 1. The van der Waals surface area contributed by atoms with Gasteiger partial charge in [-0.2, -0.15) is 10.1 Å². The van der Waals surface area contributed by atoms with E-state index in [9.17, 15) is 38.3 Å². The maximum absolute atomic E-state index is 15.8. The van der Waals surface area contributed by atoms with Crippen molar-refractivity contribution < 1.29 is 47.4 Å². The van der Waals surface area contributed by atoms with Crippen LogP contribution in [0.4, 0.5) is 21.7 Å². The average molecular weight is 689 g/mol. The summed E-state index contributed by atoms with van der Waals surface area (Å²) in [5.74, 6) is -2.69. The number of nitrogens with one attached hydrogen (secondary N) is 2. The molecule has 0 amide bonds. The molecule has 0 bridgehead atoms. The molecule has 47 heavy (non-hydrogen) atoms. The number of aromatic nitrogens is 4. The third-order valence-electron chi connectivity index (χ3n) is 7.42. The molecule has 1 saturated heterocycles. The number of hydrogen-bond acceptors (Lipinski definition) is 10. The van der Waals surface area contributed by atoms with Crippen molar-refractivity contribution in [2.45, 2.75) is 37.5 Å². The van der Waals surface area contributed by atoms with Crippen LogP contribution in [0, 0.1) is 5.82 Å². The van der Waals surface area contributed by atoms with Gasteiger partial charge in [-0.1, -0.05) is 24.8 Å². The number of fused-ring (bicyclic) bond motifs is 1. The van der Waals surface area contributed by atoms with E-state index in [-0.39, 0.29) is 35.3 Å². The monoisotopic (exact) mass is 688 g/mol. The number of hydrogen-bond donors (Lipinski definition) is 6. The lowest BCUT2D eigenvalue weighted by atomic mass is 10.0. The summed E-state index contributed by atoms with van der Waals surface area (Å²) in [6.07, 6.45) is 3.95. The molecule has 1 aliphatic rings. The van der Waals surface area contributed by atoms with Crippen LogP contribution in [0.2, 0.25) is 0 Å². The summed E-state index contributed by atoms with van der Waals surface area (Å²) in [5, 5.41) is 7.64. The number of aromatic amines is 1. The first-order valence-corrected chi connectivity index (χ1v) is 17.7. The first-order valence-electron chi connectivity index (χ1n) is 14.3. The number of carbonyl (C=O) groups is 2. The van der Waals surface area contributed by atoms with E-state index in [4.69, 9.17) is 4.74 Å². The Labute approximate surface area is 267 Å². The summed E-state index contributed by atoms with van der Waals surface area (Å²) in [6, 6.07) is 9.52. The Hall–Kier alpha value is -4.30. The standard InChI is InChI=1S/C29H31FN6O9P2/c1-2-20(37)12-17-7-6-8-18(11-17)26-21-16-31-35-28(21)34-29(33-26)32-19-13-22(30)27(36-9-4-3-5-10-36)23(14-19)45-24(38)15-25(46(39,40)41)47(42,43)44/h2,6-8,11,13-14,16,25H,1,3-5,9-10,12,15H2,(H2,39,40,41)(H2,42,43,44)(H2,31,32,33,34,35). The van der Waals surface area contributed by atoms with Gasteiger partial charge in [-0.15, -0.1) is 0 Å². The van der Waals surface area contributed by atoms with Crippen molar-refractivity contribution >= 4 is 55.3 Å². The SMILES string of the molecule is C=CC(=O)Cc1cccc(-c2nc(Nc3cc(F)c(N4CCCCC4)c(OC(=O)CC(P(=O)(O)O)P(=O)(O)O)c3)nc3[nH]ncc23)c1. The Morgan fingerprint density at radius 1 is 1.09 bits per heavy atom. The van der Waals surface area contributed by atoms with Gasteiger partial charge >= 0.3 is 21.2 Å². The minimum absolute atomic E-state index is 0.00483. The highest BCUT2D eigenvalue weighted by Crippen LogP contribution is 2.61. The molecule has 2 aromatic heterocycles. The molecule has 0 unspecified atom stereocenters. The first kappa shape index (κ1) is 34.0. The number of piperidine rings is 1. The molecule has 248 valence electrons. The van der Waals surface area contributed by atoms with Gasteiger partial charge in [0.15, 0.2) is 28.4 Å². The van der Waals surface area contributed by atoms with Crippen LogP contribution in [-0.2, 0) is 25.1 Å². The van der Waals surface area contributed by atoms with Crippen molar-refractivity contribution in [1.82, 2.24) is 20.2 Å². The highest BCUT2D eigenvalue weighted by atomic mass is 31.2. The molecule has 0 spiro atoms. The number of H-pyrrole nitrogens is 1. The van der Waals surface area contributed by atoms with Gasteiger partial charge in [0.2, 0.25) is 5.95 Å². The zero-order chi connectivity index (χ0) is 33.9. The van der Waals surface area contributed by atoms with Crippen molar-refractivity contribution in [3.63, 3.8) is 0 Å². The number of ketones is 1. The maximum Gasteiger partial charge on any atom is 0.341 e. The summed E-state index contributed by atoms with van der Waals surface area (Å²) in [5.41, 5.74) is 2.08. The predicted octanol–water partition coefficient (Wildman–Crippen LogP) is 4.17. The van der Waals surface area contributed by atoms with Gasteiger partial charge < -0.3 is 34.5 Å². The highest BCUT2D eigenvalue weighted by Gasteiger charge is 2.45. The molecular formula is C29H31FN6O9P2. The van der Waals surface area contributed by atoms with Crippen molar-refractivity contribution in [3.8, 4) is 17.0 Å². The van der Waals surface area contributed by atoms with Gasteiger partial charge in [0.1, 0.15) is 5.69 Å². The smallest absolute Gasteiger partial charge is 0.341 e. The molecule has 4 aromatic rings. The molecule has 1 fully saturated rings. The molecule has 15 nitrogen and oxygen atoms in total. The molecule has 0 aliphatic carbocycles. The number of allylic oxidation sites excluding steroid dienone is 1. The van der Waals surface area contributed by atoms with Crippen LogP contribution in [0.5, 0.6) is 5.75 Å². The lowest BCUT2D eigenvalue weighted by Crippen LogP contribution is -2.31. The fourth-order valence-electron chi connectivity index (χ4n) is 5.24. The van der Waals surface area contributed by atoms with Crippen LogP contribution in [-0.4, -0.2) is 70.0 Å². The Kier molecular flexibility index (Phi) is 10.0. The minimum atomic E-state index is -5.42. The molecule has 0 saturated carbocycles. The number of halogens is 1. The number of benzene rings is 2. The van der Waals surface area contributed by atoms with Crippen molar-refractivity contribution in [2.24, 2.45) is 0 Å². The third kappa shape index (κ3) is 8.17. The van der Waals surface area contributed by atoms with Crippen LogP contribution < -0.4 is 15.0 Å². The summed E-state index contributed by atoms with van der Waals surface area (Å²) in [6.45, 7) is 4.37. The van der Waals surface area contributed by atoms with Gasteiger partial charge in [0, 0.05) is 36.8 Å². The van der Waals surface area contributed by atoms with E-state index < -0.39 is 38.8 Å². The van der Waals surface area contributed by atoms with Gasteiger partial charge in [0.05, 0.1) is 23.7 Å². The lowest BCUT2D eigenvalue weighted by Gasteiger charge is -2.30. The molecule has 18 heteroatoms. The second-order valence-electron chi connectivity index (χ2n) is 10.9. The van der Waals surface area contributed by atoms with Crippen LogP contribution in [0.15, 0.2) is 55.3 Å². The Morgan fingerprint density at radius 3 is 2.49 bits per heavy atom. The van der Waals surface area contributed by atoms with E-state index in [0.29, 0.717) is 35.4 Å². The fourth-order valence-corrected chi connectivity index (χ4v) is 7.58. The quantitative estimate of drug-likeness (QED) is 0.0532.